The number of hydrogen-bond donors (Lipinski definition) is 2. The second kappa shape index (κ2) is 3.29. The number of nitrogens with one attached hydrogen (secondary N) is 2. The van der Waals surface area contributed by atoms with Gasteiger partial charge >= 0.3 is 6.03 Å². The van der Waals surface area contributed by atoms with Gasteiger partial charge in [0, 0.05) is 13.0 Å². The average molecular weight is 151 g/mol. The average Bonchev–Trinajstić information content (AvgIpc) is 1.64. The van der Waals surface area contributed by atoms with Crippen molar-refractivity contribution in [2.75, 3.05) is 6.54 Å². The molecule has 4 nitrogen and oxygen atoms in total. The molecule has 9 heavy (non-hydrogen) atoms. The zero-order chi connectivity index (χ0) is 5.98. The molecule has 0 aliphatic carbocycles. The minimum atomic E-state index is -0.388. The SMILES string of the molecule is Cl.O=C1CCNC(=O)N1. The van der Waals surface area contributed by atoms with Gasteiger partial charge < -0.3 is 5.32 Å². The maximum absolute atomic E-state index is 10.3. The monoisotopic (exact) mass is 150 g/mol. The van der Waals surface area contributed by atoms with E-state index in [2.05, 4.69) is 10.6 Å². The van der Waals surface area contributed by atoms with Crippen LogP contribution in [0.5, 0.6) is 0 Å². The van der Waals surface area contributed by atoms with Crippen LogP contribution in [0, 0.1) is 0 Å². The van der Waals surface area contributed by atoms with Crippen LogP contribution >= 0.6 is 12.4 Å². The van der Waals surface area contributed by atoms with Gasteiger partial charge in [-0.15, -0.1) is 12.4 Å². The largest absolute Gasteiger partial charge is 0.337 e. The predicted octanol–water partition coefficient (Wildman–Crippen LogP) is -0.362. The molecule has 0 bridgehead atoms. The summed E-state index contributed by atoms with van der Waals surface area (Å²) in [5, 5.41) is 4.53. The van der Waals surface area contributed by atoms with E-state index < -0.39 is 0 Å². The molecule has 52 valence electrons. The summed E-state index contributed by atoms with van der Waals surface area (Å²) < 4.78 is 0. The maximum atomic E-state index is 10.3. The van der Waals surface area contributed by atoms with Crippen molar-refractivity contribution in [3.8, 4) is 0 Å². The van der Waals surface area contributed by atoms with Crippen LogP contribution in [0.3, 0.4) is 0 Å². The normalized spacial score (nSPS) is 17.3. The smallest absolute Gasteiger partial charge is 0.321 e. The van der Waals surface area contributed by atoms with Crippen LogP contribution in [-0.2, 0) is 4.79 Å². The van der Waals surface area contributed by atoms with E-state index in [1.807, 2.05) is 0 Å². The third-order valence-corrected chi connectivity index (χ3v) is 0.891. The molecular formula is C4H7ClN2O2. The molecule has 0 radical (unpaired) electrons. The van der Waals surface area contributed by atoms with E-state index in [1.165, 1.54) is 0 Å². The zero-order valence-corrected chi connectivity index (χ0v) is 5.46. The number of carbonyl (C=O) groups is 2. The van der Waals surface area contributed by atoms with Gasteiger partial charge in [-0.05, 0) is 0 Å². The lowest BCUT2D eigenvalue weighted by Crippen LogP contribution is -2.46. The molecule has 0 saturated carbocycles. The molecule has 1 aliphatic heterocycles. The zero-order valence-electron chi connectivity index (χ0n) is 4.64. The van der Waals surface area contributed by atoms with Crippen LogP contribution in [-0.4, -0.2) is 18.5 Å². The molecule has 0 aromatic carbocycles. The van der Waals surface area contributed by atoms with Gasteiger partial charge in [0.2, 0.25) is 5.91 Å². The summed E-state index contributed by atoms with van der Waals surface area (Å²) in [6.07, 6.45) is 0.395. The van der Waals surface area contributed by atoms with Gasteiger partial charge in [0.25, 0.3) is 0 Å². The molecule has 3 amide bonds. The molecule has 5 heteroatoms. The van der Waals surface area contributed by atoms with Crippen LogP contribution in [0.4, 0.5) is 4.79 Å². The standard InChI is InChI=1S/C4H6N2O2.ClH/c7-3-1-2-5-4(8)6-3;/h1-2H2,(H2,5,6,7,8);1H. The highest BCUT2D eigenvalue weighted by molar-refractivity contribution is 5.96. The Kier molecular flexibility index (Phi) is 3.01. The molecule has 1 heterocycles. The van der Waals surface area contributed by atoms with Crippen molar-refractivity contribution in [1.82, 2.24) is 10.6 Å². The third kappa shape index (κ3) is 2.32. The van der Waals surface area contributed by atoms with Crippen LogP contribution in [0.1, 0.15) is 6.42 Å². The molecule has 1 fully saturated rings. The lowest BCUT2D eigenvalue weighted by molar-refractivity contribution is -0.120. The fraction of sp³-hybridized carbons (Fsp3) is 0.500. The van der Waals surface area contributed by atoms with Crippen LogP contribution in [0.2, 0.25) is 0 Å². The Labute approximate surface area is 58.4 Å². The van der Waals surface area contributed by atoms with Gasteiger partial charge in [0.15, 0.2) is 0 Å². The highest BCUT2D eigenvalue weighted by atomic mass is 35.5. The molecular weight excluding hydrogens is 144 g/mol. The van der Waals surface area contributed by atoms with E-state index in [9.17, 15) is 9.59 Å². The number of urea groups is 1. The fourth-order valence-electron chi connectivity index (χ4n) is 0.523. The Hall–Kier alpha value is -0.770. The number of amides is 3. The predicted molar refractivity (Wildman–Crippen MR) is 33.4 cm³/mol. The Morgan fingerprint density at radius 1 is 1.33 bits per heavy atom. The summed E-state index contributed by atoms with van der Waals surface area (Å²) in [6, 6.07) is -0.388. The lowest BCUT2D eigenvalue weighted by Gasteiger charge is -2.10. The van der Waals surface area contributed by atoms with Crippen molar-refractivity contribution >= 4 is 24.3 Å². The quantitative estimate of drug-likeness (QED) is 0.496. The summed E-state index contributed by atoms with van der Waals surface area (Å²) in [5.74, 6) is -0.200. The van der Waals surface area contributed by atoms with Gasteiger partial charge in [0.05, 0.1) is 0 Å². The first-order valence-corrected chi connectivity index (χ1v) is 2.37. The Morgan fingerprint density at radius 2 is 2.00 bits per heavy atom. The molecule has 1 saturated heterocycles. The van der Waals surface area contributed by atoms with Crippen LogP contribution < -0.4 is 10.6 Å². The first kappa shape index (κ1) is 8.23. The summed E-state index contributed by atoms with van der Waals surface area (Å²) in [6.45, 7) is 0.463. The molecule has 0 atom stereocenters. The van der Waals surface area contributed by atoms with Crippen molar-refractivity contribution in [3.05, 3.63) is 0 Å². The minimum Gasteiger partial charge on any atom is -0.337 e. The Balaban J connectivity index is 0.000000640. The Morgan fingerprint density at radius 3 is 2.33 bits per heavy atom. The lowest BCUT2D eigenvalue weighted by atomic mass is 10.3. The van der Waals surface area contributed by atoms with E-state index in [4.69, 9.17) is 0 Å². The van der Waals surface area contributed by atoms with Crippen LogP contribution in [0.15, 0.2) is 0 Å². The van der Waals surface area contributed by atoms with Crippen molar-refractivity contribution in [2.24, 2.45) is 0 Å². The third-order valence-electron chi connectivity index (χ3n) is 0.891. The van der Waals surface area contributed by atoms with Crippen molar-refractivity contribution < 1.29 is 9.59 Å². The second-order valence-electron chi connectivity index (χ2n) is 1.55. The summed E-state index contributed by atoms with van der Waals surface area (Å²) in [5.41, 5.74) is 0. The second-order valence-corrected chi connectivity index (χ2v) is 1.55. The van der Waals surface area contributed by atoms with Gasteiger partial charge in [0.1, 0.15) is 0 Å². The molecule has 2 N–H and O–H groups in total. The fourth-order valence-corrected chi connectivity index (χ4v) is 0.523. The molecule has 0 spiro atoms. The molecule has 1 rings (SSSR count). The van der Waals surface area contributed by atoms with Crippen molar-refractivity contribution in [2.45, 2.75) is 6.42 Å². The van der Waals surface area contributed by atoms with Crippen molar-refractivity contribution in [1.29, 1.82) is 0 Å². The van der Waals surface area contributed by atoms with Crippen LogP contribution in [0.25, 0.3) is 0 Å². The first-order chi connectivity index (χ1) is 3.79. The molecule has 0 aromatic heterocycles. The topological polar surface area (TPSA) is 58.2 Å². The van der Waals surface area contributed by atoms with E-state index in [1.54, 1.807) is 0 Å². The highest BCUT2D eigenvalue weighted by Crippen LogP contribution is 1.82. The molecule has 0 aromatic rings. The summed E-state index contributed by atoms with van der Waals surface area (Å²) in [4.78, 5) is 20.5. The van der Waals surface area contributed by atoms with E-state index in [-0.39, 0.29) is 24.3 Å². The number of hydrogen-bond acceptors (Lipinski definition) is 2. The van der Waals surface area contributed by atoms with E-state index >= 15 is 0 Å². The Bertz CT molecular complexity index is 123. The number of carbonyl (C=O) groups excluding carboxylic acids is 2. The first-order valence-electron chi connectivity index (χ1n) is 2.37. The maximum Gasteiger partial charge on any atom is 0.321 e. The van der Waals surface area contributed by atoms with Gasteiger partial charge in [-0.2, -0.15) is 0 Å². The van der Waals surface area contributed by atoms with Crippen molar-refractivity contribution in [3.63, 3.8) is 0 Å². The minimum absolute atomic E-state index is 0. The number of rotatable bonds is 0. The van der Waals surface area contributed by atoms with Gasteiger partial charge in [-0.25, -0.2) is 4.79 Å². The highest BCUT2D eigenvalue weighted by Gasteiger charge is 2.11. The van der Waals surface area contributed by atoms with E-state index in [0.29, 0.717) is 13.0 Å². The number of imide groups is 1. The molecule has 1 aliphatic rings. The number of halogens is 1. The summed E-state index contributed by atoms with van der Waals surface area (Å²) >= 11 is 0. The van der Waals surface area contributed by atoms with Gasteiger partial charge in [-0.3, -0.25) is 10.1 Å². The molecule has 0 unspecified atom stereocenters. The van der Waals surface area contributed by atoms with E-state index in [0.717, 1.165) is 0 Å². The summed E-state index contributed by atoms with van der Waals surface area (Å²) in [7, 11) is 0. The van der Waals surface area contributed by atoms with Gasteiger partial charge in [-0.1, -0.05) is 0 Å².